The predicted molar refractivity (Wildman–Crippen MR) is 93.1 cm³/mol. The highest BCUT2D eigenvalue weighted by Crippen LogP contribution is 2.35. The van der Waals surface area contributed by atoms with Crippen molar-refractivity contribution in [2.24, 2.45) is 0 Å². The Bertz CT molecular complexity index is 916. The van der Waals surface area contributed by atoms with Gasteiger partial charge >= 0.3 is 0 Å². The number of fused-ring (bicyclic) bond motifs is 2. The van der Waals surface area contributed by atoms with E-state index in [1.807, 2.05) is 12.1 Å². The molecule has 7 nitrogen and oxygen atoms in total. The van der Waals surface area contributed by atoms with Gasteiger partial charge in [0, 0.05) is 19.2 Å². The van der Waals surface area contributed by atoms with E-state index in [0.717, 1.165) is 11.1 Å². The number of aromatic nitrogens is 1. The highest BCUT2D eigenvalue weighted by atomic mass is 32.2. The van der Waals surface area contributed by atoms with Gasteiger partial charge in [-0.15, -0.1) is 0 Å². The second-order valence-corrected chi connectivity index (χ2v) is 8.21. The van der Waals surface area contributed by atoms with Crippen molar-refractivity contribution in [3.63, 3.8) is 0 Å². The molecule has 4 rings (SSSR count). The molecular formula is C18H20N2O5S. The molecule has 3 heterocycles. The first-order valence-corrected chi connectivity index (χ1v) is 9.93. The molecule has 0 amide bonds. The summed E-state index contributed by atoms with van der Waals surface area (Å²) in [5, 5.41) is 9.80. The Labute approximate surface area is 152 Å². The Morgan fingerprint density at radius 3 is 2.92 bits per heavy atom. The third-order valence-corrected chi connectivity index (χ3v) is 6.66. The Morgan fingerprint density at radius 1 is 1.23 bits per heavy atom. The molecule has 2 aliphatic heterocycles. The normalized spacial score (nSPS) is 20.6. The first-order chi connectivity index (χ1) is 12.6. The summed E-state index contributed by atoms with van der Waals surface area (Å²) in [5.74, 6) is 0.415. The van der Waals surface area contributed by atoms with Crippen LogP contribution >= 0.6 is 0 Å². The smallest absolute Gasteiger partial charge is 0.247 e. The average molecular weight is 376 g/mol. The SMILES string of the molecule is O=S(=O)(c1cccc2c1OCC2)N1Cc2cccnc2COC[C@H]1CO. The third kappa shape index (κ3) is 2.99. The van der Waals surface area contributed by atoms with Crippen LogP contribution in [0.1, 0.15) is 16.8 Å². The summed E-state index contributed by atoms with van der Waals surface area (Å²) >= 11 is 0. The summed E-state index contributed by atoms with van der Waals surface area (Å²) < 4.78 is 39.4. The largest absolute Gasteiger partial charge is 0.492 e. The van der Waals surface area contributed by atoms with Crippen LogP contribution in [0.5, 0.6) is 5.75 Å². The number of aliphatic hydroxyl groups is 1. The number of sulfonamides is 1. The van der Waals surface area contributed by atoms with Gasteiger partial charge in [-0.2, -0.15) is 4.31 Å². The summed E-state index contributed by atoms with van der Waals surface area (Å²) in [6.07, 6.45) is 2.35. The summed E-state index contributed by atoms with van der Waals surface area (Å²) in [7, 11) is -3.89. The van der Waals surface area contributed by atoms with Crippen LogP contribution in [-0.2, 0) is 34.3 Å². The van der Waals surface area contributed by atoms with Gasteiger partial charge < -0.3 is 14.6 Å². The molecule has 1 aromatic heterocycles. The summed E-state index contributed by atoms with van der Waals surface area (Å²) in [6, 6.07) is 8.08. The summed E-state index contributed by atoms with van der Waals surface area (Å²) in [4.78, 5) is 4.42. The highest BCUT2D eigenvalue weighted by molar-refractivity contribution is 7.89. The van der Waals surface area contributed by atoms with Gasteiger partial charge in [-0.05, 0) is 23.3 Å². The van der Waals surface area contributed by atoms with Crippen LogP contribution in [0, 0.1) is 0 Å². The summed E-state index contributed by atoms with van der Waals surface area (Å²) in [5.41, 5.74) is 2.36. The van der Waals surface area contributed by atoms with E-state index in [-0.39, 0.29) is 24.7 Å². The van der Waals surface area contributed by atoms with Gasteiger partial charge in [0.15, 0.2) is 0 Å². The molecule has 0 radical (unpaired) electrons. The van der Waals surface area contributed by atoms with E-state index in [4.69, 9.17) is 9.47 Å². The zero-order valence-electron chi connectivity index (χ0n) is 14.2. The van der Waals surface area contributed by atoms with Crippen LogP contribution in [0.25, 0.3) is 0 Å². The van der Waals surface area contributed by atoms with Crippen molar-refractivity contribution in [3.8, 4) is 5.75 Å². The Balaban J connectivity index is 1.79. The number of benzene rings is 1. The van der Waals surface area contributed by atoms with Crippen LogP contribution in [0.15, 0.2) is 41.4 Å². The Kier molecular flexibility index (Phi) is 4.66. The molecule has 1 aromatic carbocycles. The number of hydrogen-bond acceptors (Lipinski definition) is 6. The minimum absolute atomic E-state index is 0.0988. The van der Waals surface area contributed by atoms with Crippen molar-refractivity contribution in [3.05, 3.63) is 53.3 Å². The lowest BCUT2D eigenvalue weighted by molar-refractivity contribution is 0.0419. The van der Waals surface area contributed by atoms with Crippen LogP contribution in [0.4, 0.5) is 0 Å². The maximum atomic E-state index is 13.4. The minimum Gasteiger partial charge on any atom is -0.492 e. The zero-order chi connectivity index (χ0) is 18.1. The molecule has 0 unspecified atom stereocenters. The van der Waals surface area contributed by atoms with E-state index in [0.29, 0.717) is 31.1 Å². The zero-order valence-corrected chi connectivity index (χ0v) is 15.0. The lowest BCUT2D eigenvalue weighted by Gasteiger charge is -2.32. The number of rotatable bonds is 3. The summed E-state index contributed by atoms with van der Waals surface area (Å²) in [6.45, 7) is 0.668. The van der Waals surface area contributed by atoms with E-state index < -0.39 is 16.1 Å². The lowest BCUT2D eigenvalue weighted by atomic mass is 10.1. The van der Waals surface area contributed by atoms with Gasteiger partial charge in [-0.1, -0.05) is 18.2 Å². The van der Waals surface area contributed by atoms with Crippen molar-refractivity contribution in [1.29, 1.82) is 0 Å². The van der Waals surface area contributed by atoms with Gasteiger partial charge in [0.05, 0.1) is 38.2 Å². The van der Waals surface area contributed by atoms with E-state index in [1.165, 1.54) is 4.31 Å². The monoisotopic (exact) mass is 376 g/mol. The fourth-order valence-corrected chi connectivity index (χ4v) is 5.11. The third-order valence-electron chi connectivity index (χ3n) is 4.74. The molecule has 0 saturated carbocycles. The number of para-hydroxylation sites is 1. The van der Waals surface area contributed by atoms with Gasteiger partial charge in [0.25, 0.3) is 0 Å². The maximum absolute atomic E-state index is 13.4. The van der Waals surface area contributed by atoms with Gasteiger partial charge in [0.2, 0.25) is 10.0 Å². The molecule has 138 valence electrons. The fourth-order valence-electron chi connectivity index (χ4n) is 3.36. The second-order valence-electron chi connectivity index (χ2n) is 6.35. The minimum atomic E-state index is -3.89. The number of aliphatic hydroxyl groups excluding tert-OH is 1. The molecule has 26 heavy (non-hydrogen) atoms. The van der Waals surface area contributed by atoms with Crippen LogP contribution in [0.2, 0.25) is 0 Å². The second kappa shape index (κ2) is 6.96. The molecule has 1 atom stereocenters. The molecule has 8 heteroatoms. The van der Waals surface area contributed by atoms with Crippen molar-refractivity contribution in [2.75, 3.05) is 19.8 Å². The van der Waals surface area contributed by atoms with Crippen molar-refractivity contribution >= 4 is 10.0 Å². The van der Waals surface area contributed by atoms with Gasteiger partial charge in [0.1, 0.15) is 10.6 Å². The quantitative estimate of drug-likeness (QED) is 0.863. The van der Waals surface area contributed by atoms with Crippen molar-refractivity contribution in [1.82, 2.24) is 9.29 Å². The van der Waals surface area contributed by atoms with Crippen molar-refractivity contribution < 1.29 is 23.0 Å². The molecular weight excluding hydrogens is 356 g/mol. The number of pyridine rings is 1. The highest BCUT2D eigenvalue weighted by Gasteiger charge is 2.36. The lowest BCUT2D eigenvalue weighted by Crippen LogP contribution is -2.45. The van der Waals surface area contributed by atoms with E-state index in [1.54, 1.807) is 24.4 Å². The molecule has 0 saturated heterocycles. The van der Waals surface area contributed by atoms with E-state index in [9.17, 15) is 13.5 Å². The van der Waals surface area contributed by atoms with Crippen LogP contribution in [-0.4, -0.2) is 48.7 Å². The molecule has 0 aliphatic carbocycles. The number of ether oxygens (including phenoxy) is 2. The number of hydrogen-bond donors (Lipinski definition) is 1. The van der Waals surface area contributed by atoms with Crippen LogP contribution < -0.4 is 4.74 Å². The van der Waals surface area contributed by atoms with Gasteiger partial charge in [-0.3, -0.25) is 4.98 Å². The van der Waals surface area contributed by atoms with E-state index in [2.05, 4.69) is 4.98 Å². The first-order valence-electron chi connectivity index (χ1n) is 8.49. The maximum Gasteiger partial charge on any atom is 0.247 e. The van der Waals surface area contributed by atoms with Gasteiger partial charge in [-0.25, -0.2) is 8.42 Å². The Morgan fingerprint density at radius 2 is 2.08 bits per heavy atom. The molecule has 0 fully saturated rings. The molecule has 0 bridgehead atoms. The predicted octanol–water partition coefficient (Wildman–Crippen LogP) is 1.10. The van der Waals surface area contributed by atoms with E-state index >= 15 is 0 Å². The fraction of sp³-hybridized carbons (Fsp3) is 0.389. The molecule has 1 N–H and O–H groups in total. The first kappa shape index (κ1) is 17.4. The van der Waals surface area contributed by atoms with Crippen LogP contribution in [0.3, 0.4) is 0 Å². The molecule has 0 spiro atoms. The standard InChI is InChI=1S/C18H20N2O5S/c21-10-15-11-24-12-16-14(4-2-7-19-16)9-20(15)26(22,23)17-5-1-3-13-6-8-25-18(13)17/h1-5,7,15,21H,6,8-12H2/t15-/m1/s1. The Hall–Kier alpha value is -2.00. The average Bonchev–Trinajstić information content (AvgIpc) is 3.10. The number of nitrogens with zero attached hydrogens (tertiary/aromatic N) is 2. The molecule has 2 aliphatic rings. The van der Waals surface area contributed by atoms with Crippen molar-refractivity contribution in [2.45, 2.75) is 30.5 Å². The molecule has 2 aromatic rings. The topological polar surface area (TPSA) is 89.0 Å².